The van der Waals surface area contributed by atoms with E-state index in [4.69, 9.17) is 0 Å². The molecular weight excluding hydrogens is 428 g/mol. The Hall–Kier alpha value is -1.98. The molecule has 2 aliphatic rings. The molecule has 5 heteroatoms. The summed E-state index contributed by atoms with van der Waals surface area (Å²) in [4.78, 5) is 33.2. The fourth-order valence-corrected chi connectivity index (χ4v) is 6.40. The van der Waals surface area contributed by atoms with E-state index in [1.165, 1.54) is 0 Å². The Morgan fingerprint density at radius 1 is 1.03 bits per heavy atom. The Morgan fingerprint density at radius 3 is 2.33 bits per heavy atom. The van der Waals surface area contributed by atoms with E-state index in [1.807, 2.05) is 30.0 Å². The van der Waals surface area contributed by atoms with Crippen molar-refractivity contribution in [1.82, 2.24) is 4.90 Å². The summed E-state index contributed by atoms with van der Waals surface area (Å²) in [6.45, 7) is 7.09. The van der Waals surface area contributed by atoms with Gasteiger partial charge in [0.1, 0.15) is 0 Å². The van der Waals surface area contributed by atoms with Crippen LogP contribution in [0.4, 0.5) is 5.69 Å². The largest absolute Gasteiger partial charge is 0.310 e. The van der Waals surface area contributed by atoms with Crippen LogP contribution >= 0.6 is 11.3 Å². The summed E-state index contributed by atoms with van der Waals surface area (Å²) in [6.07, 6.45) is 6.85. The van der Waals surface area contributed by atoms with Crippen molar-refractivity contribution in [3.63, 3.8) is 0 Å². The van der Waals surface area contributed by atoms with E-state index in [1.54, 1.807) is 11.3 Å². The number of Topliss-reactive ketones (excluding diaryl/α,β-unsaturated/α-hetero) is 1. The predicted octanol–water partition coefficient (Wildman–Crippen LogP) is 6.51. The van der Waals surface area contributed by atoms with Gasteiger partial charge in [-0.05, 0) is 82.1 Å². The second-order valence-corrected chi connectivity index (χ2v) is 11.2. The Labute approximate surface area is 203 Å². The number of thiophene rings is 1. The van der Waals surface area contributed by atoms with E-state index >= 15 is 0 Å². The number of amides is 1. The van der Waals surface area contributed by atoms with Crippen LogP contribution in [0.1, 0.15) is 68.5 Å². The molecule has 0 radical (unpaired) electrons. The first kappa shape index (κ1) is 24.2. The molecule has 178 valence electrons. The molecule has 4 nitrogen and oxygen atoms in total. The van der Waals surface area contributed by atoms with Gasteiger partial charge in [0, 0.05) is 23.8 Å². The molecule has 4 rings (SSSR count). The highest BCUT2D eigenvalue weighted by Crippen LogP contribution is 2.40. The highest BCUT2D eigenvalue weighted by atomic mass is 32.1. The summed E-state index contributed by atoms with van der Waals surface area (Å²) in [5.74, 6) is 1.65. The van der Waals surface area contributed by atoms with Crippen molar-refractivity contribution in [3.8, 4) is 10.4 Å². The fourth-order valence-electron chi connectivity index (χ4n) is 5.22. The fraction of sp³-hybridized carbons (Fsp3) is 0.571. The van der Waals surface area contributed by atoms with E-state index in [0.29, 0.717) is 18.3 Å². The lowest BCUT2D eigenvalue weighted by Crippen LogP contribution is -2.43. The minimum absolute atomic E-state index is 0.0807. The Kier molecular flexibility index (Phi) is 8.02. The van der Waals surface area contributed by atoms with Crippen LogP contribution in [0, 0.1) is 17.8 Å². The van der Waals surface area contributed by atoms with Crippen molar-refractivity contribution in [2.75, 3.05) is 31.6 Å². The smallest absolute Gasteiger partial charge is 0.230 e. The van der Waals surface area contributed by atoms with E-state index in [-0.39, 0.29) is 17.6 Å². The maximum absolute atomic E-state index is 14.0. The molecule has 1 aliphatic carbocycles. The molecule has 0 N–H and O–H groups in total. The number of likely N-dealkylation sites (tertiary alicyclic amines) is 1. The molecule has 1 aromatic heterocycles. The normalized spacial score (nSPS) is 22.3. The van der Waals surface area contributed by atoms with Crippen LogP contribution in [0.15, 0.2) is 36.4 Å². The zero-order valence-electron chi connectivity index (χ0n) is 20.4. The van der Waals surface area contributed by atoms with Crippen molar-refractivity contribution in [2.24, 2.45) is 17.8 Å². The van der Waals surface area contributed by atoms with Crippen molar-refractivity contribution < 1.29 is 9.59 Å². The van der Waals surface area contributed by atoms with E-state index in [9.17, 15) is 9.59 Å². The third kappa shape index (κ3) is 5.75. The van der Waals surface area contributed by atoms with Crippen LogP contribution in [0.5, 0.6) is 0 Å². The summed E-state index contributed by atoms with van der Waals surface area (Å²) < 4.78 is 0. The van der Waals surface area contributed by atoms with E-state index in [2.05, 4.69) is 37.1 Å². The second kappa shape index (κ2) is 11.0. The number of piperidine rings is 1. The van der Waals surface area contributed by atoms with Gasteiger partial charge in [-0.3, -0.25) is 9.59 Å². The highest BCUT2D eigenvalue weighted by molar-refractivity contribution is 7.18. The first-order valence-electron chi connectivity index (χ1n) is 12.7. The van der Waals surface area contributed by atoms with Gasteiger partial charge < -0.3 is 9.80 Å². The molecule has 0 bridgehead atoms. The number of benzene rings is 1. The van der Waals surface area contributed by atoms with Crippen LogP contribution in [-0.2, 0) is 4.79 Å². The molecule has 2 heterocycles. The zero-order valence-corrected chi connectivity index (χ0v) is 21.2. The summed E-state index contributed by atoms with van der Waals surface area (Å²) in [7, 11) is 2.17. The Morgan fingerprint density at radius 2 is 1.70 bits per heavy atom. The Balaban J connectivity index is 1.69. The second-order valence-electron chi connectivity index (χ2n) is 10.1. The molecule has 0 unspecified atom stereocenters. The molecule has 2 fully saturated rings. The molecule has 0 atom stereocenters. The monoisotopic (exact) mass is 466 g/mol. The molecule has 1 saturated heterocycles. The van der Waals surface area contributed by atoms with Crippen molar-refractivity contribution in [2.45, 2.75) is 58.8 Å². The molecule has 33 heavy (non-hydrogen) atoms. The molecule has 2 aromatic rings. The number of anilines is 1. The van der Waals surface area contributed by atoms with Gasteiger partial charge in [0.15, 0.2) is 5.78 Å². The zero-order chi connectivity index (χ0) is 23.4. The van der Waals surface area contributed by atoms with Crippen LogP contribution in [0.2, 0.25) is 0 Å². The summed E-state index contributed by atoms with van der Waals surface area (Å²) in [5, 5.41) is 0. The number of hydrogen-bond acceptors (Lipinski definition) is 4. The van der Waals surface area contributed by atoms with Crippen molar-refractivity contribution in [1.29, 1.82) is 0 Å². The van der Waals surface area contributed by atoms with Gasteiger partial charge in [-0.15, -0.1) is 11.3 Å². The van der Waals surface area contributed by atoms with Gasteiger partial charge in [0.05, 0.1) is 10.6 Å². The third-order valence-electron chi connectivity index (χ3n) is 7.55. The minimum Gasteiger partial charge on any atom is -0.310 e. The molecule has 0 spiro atoms. The lowest BCUT2D eigenvalue weighted by molar-refractivity contribution is -0.123. The molecule has 1 aliphatic heterocycles. The van der Waals surface area contributed by atoms with Crippen LogP contribution in [0.3, 0.4) is 0 Å². The highest BCUT2D eigenvalue weighted by Gasteiger charge is 2.33. The quantitative estimate of drug-likeness (QED) is 0.437. The van der Waals surface area contributed by atoms with Crippen molar-refractivity contribution >= 4 is 28.7 Å². The first-order chi connectivity index (χ1) is 16.0. The number of nitrogens with zero attached hydrogens (tertiary/aromatic N) is 2. The number of carbonyl (C=O) groups is 2. The predicted molar refractivity (Wildman–Crippen MR) is 138 cm³/mol. The van der Waals surface area contributed by atoms with E-state index in [0.717, 1.165) is 79.2 Å². The van der Waals surface area contributed by atoms with Gasteiger partial charge in [0.25, 0.3) is 0 Å². The lowest BCUT2D eigenvalue weighted by Gasteiger charge is -2.36. The summed E-state index contributed by atoms with van der Waals surface area (Å²) in [5.41, 5.74) is 1.96. The number of rotatable bonds is 7. The van der Waals surface area contributed by atoms with Crippen LogP contribution in [-0.4, -0.2) is 43.3 Å². The van der Waals surface area contributed by atoms with Gasteiger partial charge in [-0.1, -0.05) is 44.2 Å². The first-order valence-corrected chi connectivity index (χ1v) is 13.5. The molecule has 1 saturated carbocycles. The standard InChI is InChI=1S/C28H38N2O2S/c1-4-25(31)27-24(18-26(33-27)22-8-6-5-7-9-22)30(19-21-14-16-29(3)17-15-21)28(32)23-12-10-20(2)11-13-23/h5-9,18,20-21,23H,4,10-17,19H2,1-3H3. The minimum atomic E-state index is 0.0807. The van der Waals surface area contributed by atoms with Crippen LogP contribution in [0.25, 0.3) is 10.4 Å². The van der Waals surface area contributed by atoms with Crippen molar-refractivity contribution in [3.05, 3.63) is 41.3 Å². The lowest BCUT2D eigenvalue weighted by atomic mass is 9.82. The molecule has 1 aromatic carbocycles. The average Bonchev–Trinajstić information content (AvgIpc) is 3.29. The third-order valence-corrected chi connectivity index (χ3v) is 8.76. The summed E-state index contributed by atoms with van der Waals surface area (Å²) in [6, 6.07) is 12.3. The molecular formula is C28H38N2O2S. The summed E-state index contributed by atoms with van der Waals surface area (Å²) >= 11 is 1.55. The maximum Gasteiger partial charge on any atom is 0.230 e. The van der Waals surface area contributed by atoms with Gasteiger partial charge >= 0.3 is 0 Å². The Bertz CT molecular complexity index is 938. The topological polar surface area (TPSA) is 40.6 Å². The maximum atomic E-state index is 14.0. The van der Waals surface area contributed by atoms with Gasteiger partial charge in [-0.25, -0.2) is 0 Å². The van der Waals surface area contributed by atoms with E-state index < -0.39 is 0 Å². The number of ketones is 1. The van der Waals surface area contributed by atoms with Crippen LogP contribution < -0.4 is 4.90 Å². The SMILES string of the molecule is CCC(=O)c1sc(-c2ccccc2)cc1N(CC1CCN(C)CC1)C(=O)C1CCC(C)CC1. The average molecular weight is 467 g/mol. The molecule has 1 amide bonds. The number of hydrogen-bond donors (Lipinski definition) is 0. The number of carbonyl (C=O) groups excluding carboxylic acids is 2. The van der Waals surface area contributed by atoms with Gasteiger partial charge in [-0.2, -0.15) is 0 Å². The van der Waals surface area contributed by atoms with Gasteiger partial charge in [0.2, 0.25) is 5.91 Å².